The van der Waals surface area contributed by atoms with Gasteiger partial charge in [0.05, 0.1) is 21.7 Å². The summed E-state index contributed by atoms with van der Waals surface area (Å²) in [5.41, 5.74) is 8.26. The topological polar surface area (TPSA) is 87.9 Å². The Hall–Kier alpha value is -1.96. The van der Waals surface area contributed by atoms with Gasteiger partial charge in [-0.3, -0.25) is 9.36 Å². The van der Waals surface area contributed by atoms with Crippen LogP contribution in [0.3, 0.4) is 0 Å². The van der Waals surface area contributed by atoms with Crippen LogP contribution in [0.5, 0.6) is 0 Å². The molecule has 4 rings (SSSR count). The molecule has 1 aromatic carbocycles. The lowest BCUT2D eigenvalue weighted by Crippen LogP contribution is -2.45. The monoisotopic (exact) mass is 491 g/mol. The fourth-order valence-corrected chi connectivity index (χ4v) is 5.24. The van der Waals surface area contributed by atoms with Gasteiger partial charge in [-0.15, -0.1) is 11.3 Å². The molecular formula is C19H18IN5OS. The smallest absolute Gasteiger partial charge is 0.273 e. The molecule has 1 saturated heterocycles. The van der Waals surface area contributed by atoms with Crippen molar-refractivity contribution < 1.29 is 0 Å². The molecule has 27 heavy (non-hydrogen) atoms. The van der Waals surface area contributed by atoms with Gasteiger partial charge in [0.2, 0.25) is 5.95 Å². The van der Waals surface area contributed by atoms with Crippen molar-refractivity contribution in [3.63, 3.8) is 0 Å². The van der Waals surface area contributed by atoms with Crippen LogP contribution in [-0.2, 0) is 6.54 Å². The Labute approximate surface area is 174 Å². The molecule has 1 aliphatic rings. The third-order valence-corrected chi connectivity index (χ3v) is 7.02. The van der Waals surface area contributed by atoms with E-state index in [-0.39, 0.29) is 11.6 Å². The molecule has 3 heterocycles. The first-order valence-corrected chi connectivity index (χ1v) is 10.7. The molecule has 0 bridgehead atoms. The minimum absolute atomic E-state index is 0.0604. The third-order valence-electron chi connectivity index (χ3n) is 4.82. The fraction of sp³-hybridized carbons (Fsp3) is 0.316. The number of anilines is 1. The highest BCUT2D eigenvalue weighted by Crippen LogP contribution is 2.27. The summed E-state index contributed by atoms with van der Waals surface area (Å²) in [6, 6.07) is 9.67. The third kappa shape index (κ3) is 3.47. The van der Waals surface area contributed by atoms with Crippen LogP contribution in [0.1, 0.15) is 24.0 Å². The van der Waals surface area contributed by atoms with Gasteiger partial charge in [0.1, 0.15) is 10.2 Å². The largest absolute Gasteiger partial charge is 0.341 e. The number of halogens is 1. The van der Waals surface area contributed by atoms with Crippen LogP contribution in [0.4, 0.5) is 5.95 Å². The molecule has 0 radical (unpaired) electrons. The number of rotatable bonds is 3. The van der Waals surface area contributed by atoms with Crippen molar-refractivity contribution in [3.8, 4) is 6.07 Å². The molecule has 1 unspecified atom stereocenters. The molecule has 8 heteroatoms. The summed E-state index contributed by atoms with van der Waals surface area (Å²) in [4.78, 5) is 20.2. The van der Waals surface area contributed by atoms with Crippen molar-refractivity contribution in [1.82, 2.24) is 9.55 Å². The first kappa shape index (κ1) is 18.4. The summed E-state index contributed by atoms with van der Waals surface area (Å²) in [6.45, 7) is 1.83. The molecule has 1 aliphatic heterocycles. The molecule has 6 nitrogen and oxygen atoms in total. The average Bonchev–Trinajstić information content (AvgIpc) is 3.05. The highest BCUT2D eigenvalue weighted by atomic mass is 127. The number of nitrogens with two attached hydrogens (primary N) is 1. The fourth-order valence-electron chi connectivity index (χ4n) is 3.47. The van der Waals surface area contributed by atoms with E-state index in [1.807, 2.05) is 23.6 Å². The Balaban J connectivity index is 1.89. The van der Waals surface area contributed by atoms with Crippen LogP contribution in [0.2, 0.25) is 0 Å². The van der Waals surface area contributed by atoms with Crippen molar-refractivity contribution in [2.24, 2.45) is 5.73 Å². The number of benzene rings is 1. The van der Waals surface area contributed by atoms with Crippen molar-refractivity contribution in [1.29, 1.82) is 5.26 Å². The maximum absolute atomic E-state index is 13.3. The average molecular weight is 491 g/mol. The van der Waals surface area contributed by atoms with E-state index in [0.717, 1.165) is 34.0 Å². The number of thiophene rings is 1. The van der Waals surface area contributed by atoms with Gasteiger partial charge in [0.25, 0.3) is 5.56 Å². The van der Waals surface area contributed by atoms with Crippen LogP contribution >= 0.6 is 33.9 Å². The zero-order chi connectivity index (χ0) is 19.0. The molecule has 1 atom stereocenters. The number of piperidine rings is 1. The van der Waals surface area contributed by atoms with Gasteiger partial charge in [-0.25, -0.2) is 4.98 Å². The number of fused-ring (bicyclic) bond motifs is 1. The van der Waals surface area contributed by atoms with Gasteiger partial charge in [-0.2, -0.15) is 5.26 Å². The molecule has 0 saturated carbocycles. The summed E-state index contributed by atoms with van der Waals surface area (Å²) in [6.07, 6.45) is 1.96. The van der Waals surface area contributed by atoms with Crippen LogP contribution in [0, 0.1) is 14.9 Å². The Morgan fingerprint density at radius 1 is 1.41 bits per heavy atom. The highest BCUT2D eigenvalue weighted by molar-refractivity contribution is 14.1. The van der Waals surface area contributed by atoms with Gasteiger partial charge in [-0.05, 0) is 47.1 Å². The van der Waals surface area contributed by atoms with E-state index < -0.39 is 0 Å². The van der Waals surface area contributed by atoms with E-state index in [4.69, 9.17) is 10.7 Å². The first-order chi connectivity index (χ1) is 13.1. The maximum Gasteiger partial charge on any atom is 0.273 e. The zero-order valence-electron chi connectivity index (χ0n) is 14.6. The quantitative estimate of drug-likeness (QED) is 0.570. The number of nitriles is 1. The molecule has 0 amide bonds. The lowest BCUT2D eigenvalue weighted by Gasteiger charge is -2.33. The second-order valence-electron chi connectivity index (χ2n) is 6.68. The van der Waals surface area contributed by atoms with Gasteiger partial charge in [0, 0.05) is 24.5 Å². The van der Waals surface area contributed by atoms with E-state index in [0.29, 0.717) is 29.3 Å². The van der Waals surface area contributed by atoms with Gasteiger partial charge >= 0.3 is 0 Å². The zero-order valence-corrected chi connectivity index (χ0v) is 17.5. The van der Waals surface area contributed by atoms with E-state index in [2.05, 4.69) is 33.6 Å². The number of nitrogens with zero attached hydrogens (tertiary/aromatic N) is 4. The van der Waals surface area contributed by atoms with Crippen molar-refractivity contribution in [2.75, 3.05) is 18.0 Å². The van der Waals surface area contributed by atoms with Crippen molar-refractivity contribution in [3.05, 3.63) is 54.7 Å². The lowest BCUT2D eigenvalue weighted by molar-refractivity contribution is 0.492. The predicted octanol–water partition coefficient (Wildman–Crippen LogP) is 2.91. The van der Waals surface area contributed by atoms with E-state index in [9.17, 15) is 10.1 Å². The standard InChI is InChI=1S/C19H18IN5OS/c20-15-11-27-17-16(15)23-19(24-7-3-6-14(22)10-24)25(18(17)26)9-13-5-2-1-4-12(13)8-21/h1-2,4-5,11,14H,3,6-7,9-10,22H2. The lowest BCUT2D eigenvalue weighted by atomic mass is 10.1. The molecule has 0 spiro atoms. The van der Waals surface area contributed by atoms with Gasteiger partial charge < -0.3 is 10.6 Å². The summed E-state index contributed by atoms with van der Waals surface area (Å²) in [5, 5.41) is 11.4. The Morgan fingerprint density at radius 3 is 3.00 bits per heavy atom. The molecule has 2 aromatic heterocycles. The number of hydrogen-bond acceptors (Lipinski definition) is 6. The van der Waals surface area contributed by atoms with Crippen LogP contribution in [0.15, 0.2) is 34.4 Å². The molecule has 138 valence electrons. The molecule has 0 aliphatic carbocycles. The van der Waals surface area contributed by atoms with Crippen LogP contribution in [0.25, 0.3) is 10.2 Å². The van der Waals surface area contributed by atoms with E-state index >= 15 is 0 Å². The Morgan fingerprint density at radius 2 is 2.22 bits per heavy atom. The highest BCUT2D eigenvalue weighted by Gasteiger charge is 2.24. The molecule has 3 aromatic rings. The van der Waals surface area contributed by atoms with Crippen molar-refractivity contribution >= 4 is 50.1 Å². The molecule has 1 fully saturated rings. The van der Waals surface area contributed by atoms with Crippen LogP contribution in [-0.4, -0.2) is 28.7 Å². The Kier molecular flexibility index (Phi) is 5.16. The summed E-state index contributed by atoms with van der Waals surface area (Å²) < 4.78 is 3.33. The van der Waals surface area contributed by atoms with E-state index in [1.165, 1.54) is 11.3 Å². The van der Waals surface area contributed by atoms with Crippen molar-refractivity contribution in [2.45, 2.75) is 25.4 Å². The second-order valence-corrected chi connectivity index (χ2v) is 8.72. The number of hydrogen-bond donors (Lipinski definition) is 1. The second kappa shape index (κ2) is 7.58. The summed E-state index contributed by atoms with van der Waals surface area (Å²) in [5.74, 6) is 0.645. The number of aromatic nitrogens is 2. The summed E-state index contributed by atoms with van der Waals surface area (Å²) in [7, 11) is 0. The Bertz CT molecular complexity index is 1100. The minimum Gasteiger partial charge on any atom is -0.341 e. The van der Waals surface area contributed by atoms with Gasteiger partial charge in [-0.1, -0.05) is 18.2 Å². The normalized spacial score (nSPS) is 17.2. The molecular weight excluding hydrogens is 473 g/mol. The molecule has 2 N–H and O–H groups in total. The maximum atomic E-state index is 13.3. The minimum atomic E-state index is -0.0604. The predicted molar refractivity (Wildman–Crippen MR) is 116 cm³/mol. The first-order valence-electron chi connectivity index (χ1n) is 8.74. The summed E-state index contributed by atoms with van der Waals surface area (Å²) >= 11 is 3.64. The van der Waals surface area contributed by atoms with E-state index in [1.54, 1.807) is 10.6 Å². The van der Waals surface area contributed by atoms with Crippen LogP contribution < -0.4 is 16.2 Å². The SMILES string of the molecule is N#Cc1ccccc1Cn1c(N2CCCC(N)C2)nc2c(I)csc2c1=O. The van der Waals surface area contributed by atoms with Gasteiger partial charge in [0.15, 0.2) is 0 Å².